The maximum absolute atomic E-state index is 13.0. The number of ether oxygens (including phenoxy) is 2. The fourth-order valence-corrected chi connectivity index (χ4v) is 4.24. The SMILES string of the molecule is COC(=O)c1ccccc1OC(=O)[C@@]12CC[C@@](C)(C(=O)C1=O)C2(C)C. The molecular weight excluding hydrogens is 324 g/mol. The van der Waals surface area contributed by atoms with Gasteiger partial charge in [0.25, 0.3) is 0 Å². The van der Waals surface area contributed by atoms with Crippen LogP contribution in [0.25, 0.3) is 0 Å². The summed E-state index contributed by atoms with van der Waals surface area (Å²) in [5.74, 6) is -2.61. The highest BCUT2D eigenvalue weighted by atomic mass is 16.5. The summed E-state index contributed by atoms with van der Waals surface area (Å²) in [5, 5.41) is 0. The Morgan fingerprint density at radius 2 is 1.64 bits per heavy atom. The quantitative estimate of drug-likeness (QED) is 0.362. The number of esters is 2. The molecule has 25 heavy (non-hydrogen) atoms. The highest BCUT2D eigenvalue weighted by molar-refractivity contribution is 6.48. The second kappa shape index (κ2) is 5.25. The Hall–Kier alpha value is -2.50. The number of para-hydroxylation sites is 1. The molecule has 0 aromatic heterocycles. The first-order chi connectivity index (χ1) is 11.6. The Morgan fingerprint density at radius 3 is 2.20 bits per heavy atom. The molecule has 2 aliphatic rings. The van der Waals surface area contributed by atoms with Crippen molar-refractivity contribution in [2.75, 3.05) is 7.11 Å². The number of rotatable bonds is 3. The maximum Gasteiger partial charge on any atom is 0.341 e. The minimum absolute atomic E-state index is 0.0188. The Balaban J connectivity index is 2.02. The molecule has 2 saturated carbocycles. The molecule has 0 N–H and O–H groups in total. The monoisotopic (exact) mass is 344 g/mol. The summed E-state index contributed by atoms with van der Waals surface area (Å²) in [7, 11) is 1.23. The normalized spacial score (nSPS) is 29.6. The van der Waals surface area contributed by atoms with E-state index in [1.165, 1.54) is 19.2 Å². The third kappa shape index (κ3) is 1.91. The van der Waals surface area contributed by atoms with E-state index in [4.69, 9.17) is 4.74 Å². The summed E-state index contributed by atoms with van der Waals surface area (Å²) in [6, 6.07) is 6.15. The van der Waals surface area contributed by atoms with Crippen molar-refractivity contribution in [3.63, 3.8) is 0 Å². The third-order valence-electron chi connectivity index (χ3n) is 6.38. The molecular formula is C19H20O6. The number of hydrogen-bond acceptors (Lipinski definition) is 6. The number of Topliss-reactive ketones (excluding diaryl/α,β-unsaturated/α-hetero) is 2. The average molecular weight is 344 g/mol. The zero-order chi connectivity index (χ0) is 18.6. The van der Waals surface area contributed by atoms with Crippen molar-refractivity contribution in [1.29, 1.82) is 0 Å². The zero-order valence-corrected chi connectivity index (χ0v) is 14.7. The minimum atomic E-state index is -1.51. The van der Waals surface area contributed by atoms with Crippen molar-refractivity contribution >= 4 is 23.5 Å². The van der Waals surface area contributed by atoms with Crippen LogP contribution in [0.5, 0.6) is 5.75 Å². The molecule has 0 heterocycles. The van der Waals surface area contributed by atoms with E-state index >= 15 is 0 Å². The number of fused-ring (bicyclic) bond motifs is 2. The fraction of sp³-hybridized carbons (Fsp3) is 0.474. The first kappa shape index (κ1) is 17.3. The van der Waals surface area contributed by atoms with Crippen LogP contribution in [0.4, 0.5) is 0 Å². The van der Waals surface area contributed by atoms with Gasteiger partial charge in [-0.3, -0.25) is 14.4 Å². The number of ketones is 2. The van der Waals surface area contributed by atoms with Gasteiger partial charge in [0.15, 0.2) is 0 Å². The van der Waals surface area contributed by atoms with Crippen LogP contribution in [-0.2, 0) is 19.1 Å². The fourth-order valence-electron chi connectivity index (χ4n) is 4.24. The molecule has 0 radical (unpaired) electrons. The lowest BCUT2D eigenvalue weighted by Crippen LogP contribution is -2.47. The van der Waals surface area contributed by atoms with Gasteiger partial charge in [-0.05, 0) is 25.0 Å². The molecule has 0 spiro atoms. The van der Waals surface area contributed by atoms with E-state index in [0.717, 1.165) is 0 Å². The molecule has 0 saturated heterocycles. The smallest absolute Gasteiger partial charge is 0.341 e. The summed E-state index contributed by atoms with van der Waals surface area (Å²) < 4.78 is 10.1. The second-order valence-corrected chi connectivity index (χ2v) is 7.40. The molecule has 0 unspecified atom stereocenters. The lowest BCUT2D eigenvalue weighted by Gasteiger charge is -2.36. The third-order valence-corrected chi connectivity index (χ3v) is 6.38. The molecule has 2 fully saturated rings. The van der Waals surface area contributed by atoms with Gasteiger partial charge in [0.1, 0.15) is 16.7 Å². The average Bonchev–Trinajstić information content (AvgIpc) is 2.86. The van der Waals surface area contributed by atoms with E-state index < -0.39 is 39.8 Å². The van der Waals surface area contributed by atoms with E-state index in [1.807, 2.05) is 0 Å². The van der Waals surface area contributed by atoms with Crippen LogP contribution in [0, 0.1) is 16.2 Å². The second-order valence-electron chi connectivity index (χ2n) is 7.40. The predicted molar refractivity (Wildman–Crippen MR) is 87.0 cm³/mol. The summed E-state index contributed by atoms with van der Waals surface area (Å²) >= 11 is 0. The number of benzene rings is 1. The molecule has 6 nitrogen and oxygen atoms in total. The summed E-state index contributed by atoms with van der Waals surface area (Å²) in [6.07, 6.45) is 0.721. The van der Waals surface area contributed by atoms with Gasteiger partial charge < -0.3 is 9.47 Å². The summed E-state index contributed by atoms with van der Waals surface area (Å²) in [5.41, 5.74) is -3.15. The first-order valence-electron chi connectivity index (χ1n) is 8.12. The van der Waals surface area contributed by atoms with E-state index in [2.05, 4.69) is 4.74 Å². The van der Waals surface area contributed by atoms with Crippen LogP contribution >= 0.6 is 0 Å². The predicted octanol–water partition coefficient (Wildman–Crippen LogP) is 2.34. The van der Waals surface area contributed by atoms with Gasteiger partial charge >= 0.3 is 11.9 Å². The van der Waals surface area contributed by atoms with Crippen LogP contribution in [0.15, 0.2) is 24.3 Å². The molecule has 1 aromatic rings. The lowest BCUT2D eigenvalue weighted by molar-refractivity contribution is -0.157. The highest BCUT2D eigenvalue weighted by Crippen LogP contribution is 2.69. The van der Waals surface area contributed by atoms with Crippen molar-refractivity contribution < 1.29 is 28.7 Å². The molecule has 1 aromatic carbocycles. The van der Waals surface area contributed by atoms with Gasteiger partial charge in [-0.15, -0.1) is 0 Å². The molecule has 2 atom stereocenters. The largest absolute Gasteiger partial charge is 0.465 e. The van der Waals surface area contributed by atoms with Crippen molar-refractivity contribution in [3.8, 4) is 5.75 Å². The van der Waals surface area contributed by atoms with Crippen LogP contribution in [0.1, 0.15) is 44.0 Å². The first-order valence-corrected chi connectivity index (χ1v) is 8.12. The van der Waals surface area contributed by atoms with Crippen LogP contribution < -0.4 is 4.74 Å². The molecule has 132 valence electrons. The number of carbonyl (C=O) groups excluding carboxylic acids is 4. The minimum Gasteiger partial charge on any atom is -0.465 e. The Labute approximate surface area is 145 Å². The Kier molecular flexibility index (Phi) is 3.64. The molecule has 0 aliphatic heterocycles. The van der Waals surface area contributed by atoms with Crippen molar-refractivity contribution in [1.82, 2.24) is 0 Å². The van der Waals surface area contributed by atoms with Gasteiger partial charge in [-0.2, -0.15) is 0 Å². The van der Waals surface area contributed by atoms with Crippen LogP contribution in [0.3, 0.4) is 0 Å². The van der Waals surface area contributed by atoms with Crippen molar-refractivity contribution in [2.45, 2.75) is 33.6 Å². The van der Waals surface area contributed by atoms with Gasteiger partial charge in [-0.25, -0.2) is 4.79 Å². The van der Waals surface area contributed by atoms with Gasteiger partial charge in [0, 0.05) is 10.8 Å². The van der Waals surface area contributed by atoms with Crippen molar-refractivity contribution in [2.24, 2.45) is 16.2 Å². The number of carbonyl (C=O) groups is 4. The van der Waals surface area contributed by atoms with Crippen LogP contribution in [-0.4, -0.2) is 30.6 Å². The van der Waals surface area contributed by atoms with Gasteiger partial charge in [0.05, 0.1) is 7.11 Å². The van der Waals surface area contributed by atoms with Crippen LogP contribution in [0.2, 0.25) is 0 Å². The summed E-state index contributed by atoms with van der Waals surface area (Å²) in [4.78, 5) is 50.0. The zero-order valence-electron chi connectivity index (χ0n) is 14.7. The molecule has 6 heteroatoms. The standard InChI is InChI=1S/C19H20O6/c1-17(2)18(3)9-10-19(17,14(21)13(18)20)16(23)25-12-8-6-5-7-11(12)15(22)24-4/h5-8H,9-10H2,1-4H3/t18-,19+/m0/s1. The number of methoxy groups -OCH3 is 1. The number of hydrogen-bond donors (Lipinski definition) is 0. The van der Waals surface area contributed by atoms with Gasteiger partial charge in [0.2, 0.25) is 11.6 Å². The molecule has 3 rings (SSSR count). The van der Waals surface area contributed by atoms with E-state index in [0.29, 0.717) is 6.42 Å². The van der Waals surface area contributed by atoms with E-state index in [1.54, 1.807) is 32.9 Å². The lowest BCUT2D eigenvalue weighted by atomic mass is 9.65. The topological polar surface area (TPSA) is 86.7 Å². The molecule has 2 aliphatic carbocycles. The molecule has 2 bridgehead atoms. The maximum atomic E-state index is 13.0. The highest BCUT2D eigenvalue weighted by Gasteiger charge is 2.78. The van der Waals surface area contributed by atoms with E-state index in [9.17, 15) is 19.2 Å². The Morgan fingerprint density at radius 1 is 1.00 bits per heavy atom. The summed E-state index contributed by atoms with van der Waals surface area (Å²) in [6.45, 7) is 5.25. The molecule has 0 amide bonds. The Bertz CT molecular complexity index is 808. The van der Waals surface area contributed by atoms with E-state index in [-0.39, 0.29) is 17.7 Å². The van der Waals surface area contributed by atoms with Crippen molar-refractivity contribution in [3.05, 3.63) is 29.8 Å². The van der Waals surface area contributed by atoms with Gasteiger partial charge in [-0.1, -0.05) is 32.9 Å².